The molecule has 0 unspecified atom stereocenters. The largest absolute Gasteiger partial charge is 0.368 e. The van der Waals surface area contributed by atoms with E-state index in [4.69, 9.17) is 11.6 Å². The lowest BCUT2D eigenvalue weighted by atomic mass is 10.3. The lowest BCUT2D eigenvalue weighted by Crippen LogP contribution is -2.32. The maximum Gasteiger partial charge on any atom is 0.319 e. The number of rotatable bonds is 7. The average molecular weight is 384 g/mol. The molecule has 2 amide bonds. The Morgan fingerprint density at radius 1 is 0.926 bits per heavy atom. The van der Waals surface area contributed by atoms with Crippen molar-refractivity contribution in [2.45, 2.75) is 0 Å². The maximum absolute atomic E-state index is 11.9. The van der Waals surface area contributed by atoms with Gasteiger partial charge in [0.05, 0.1) is 0 Å². The average Bonchev–Trinajstić information content (AvgIpc) is 2.66. The quantitative estimate of drug-likeness (QED) is 0.465. The second-order valence-corrected chi connectivity index (χ2v) is 5.88. The van der Waals surface area contributed by atoms with Gasteiger partial charge in [0.2, 0.25) is 0 Å². The predicted octanol–water partition coefficient (Wildman–Crippen LogP) is 3.50. The van der Waals surface area contributed by atoms with Crippen molar-refractivity contribution in [1.82, 2.24) is 20.3 Å². The van der Waals surface area contributed by atoms with Gasteiger partial charge < -0.3 is 21.3 Å². The molecule has 4 N–H and O–H groups in total. The van der Waals surface area contributed by atoms with Gasteiger partial charge in [-0.1, -0.05) is 23.7 Å². The number of nitrogens with zero attached hydrogens (tertiary/aromatic N) is 3. The lowest BCUT2D eigenvalue weighted by Gasteiger charge is -2.10. The number of amides is 2. The molecule has 1 aromatic carbocycles. The van der Waals surface area contributed by atoms with Gasteiger partial charge in [-0.3, -0.25) is 0 Å². The summed E-state index contributed by atoms with van der Waals surface area (Å²) in [6.45, 7) is 0.919. The number of anilines is 4. The van der Waals surface area contributed by atoms with E-state index in [-0.39, 0.29) is 6.03 Å². The topological polar surface area (TPSA) is 104 Å². The summed E-state index contributed by atoms with van der Waals surface area (Å²) in [6.07, 6.45) is 3.15. The number of hydrogen-bond acceptors (Lipinski definition) is 6. The molecule has 0 aliphatic rings. The summed E-state index contributed by atoms with van der Waals surface area (Å²) < 4.78 is 0. The third kappa shape index (κ3) is 6.12. The van der Waals surface area contributed by atoms with E-state index in [9.17, 15) is 4.79 Å². The standard InChI is InChI=1S/C18H18ClN7O/c19-13-4-3-5-14(10-13)25-18(27)22-9-8-21-16-11-17(24-12-23-16)26-15-6-1-2-7-20-15/h1-7,10-12H,8-9H2,(H2,22,25,27)(H2,20,21,23,24,26). The van der Waals surface area contributed by atoms with Crippen LogP contribution in [0.15, 0.2) is 61.1 Å². The number of hydrogen-bond donors (Lipinski definition) is 4. The highest BCUT2D eigenvalue weighted by molar-refractivity contribution is 6.30. The fourth-order valence-electron chi connectivity index (χ4n) is 2.20. The van der Waals surface area contributed by atoms with E-state index in [0.29, 0.717) is 41.3 Å². The highest BCUT2D eigenvalue weighted by Gasteiger charge is 2.03. The number of carbonyl (C=O) groups excluding carboxylic acids is 1. The van der Waals surface area contributed by atoms with Crippen molar-refractivity contribution in [2.24, 2.45) is 0 Å². The third-order valence-electron chi connectivity index (χ3n) is 3.39. The normalized spacial score (nSPS) is 10.1. The SMILES string of the molecule is O=C(NCCNc1cc(Nc2ccccn2)ncn1)Nc1cccc(Cl)c1. The molecule has 0 bridgehead atoms. The molecule has 0 atom stereocenters. The zero-order valence-electron chi connectivity index (χ0n) is 14.3. The maximum atomic E-state index is 11.9. The summed E-state index contributed by atoms with van der Waals surface area (Å²) in [5.74, 6) is 1.96. The first-order chi connectivity index (χ1) is 13.2. The summed E-state index contributed by atoms with van der Waals surface area (Å²) in [7, 11) is 0. The summed E-state index contributed by atoms with van der Waals surface area (Å²) in [4.78, 5) is 24.3. The summed E-state index contributed by atoms with van der Waals surface area (Å²) in [6, 6.07) is 14.0. The van der Waals surface area contributed by atoms with Gasteiger partial charge in [0.15, 0.2) is 0 Å². The van der Waals surface area contributed by atoms with Gasteiger partial charge in [0, 0.05) is 36.1 Å². The van der Waals surface area contributed by atoms with Crippen molar-refractivity contribution in [2.75, 3.05) is 29.0 Å². The highest BCUT2D eigenvalue weighted by atomic mass is 35.5. The van der Waals surface area contributed by atoms with Crippen LogP contribution in [0.3, 0.4) is 0 Å². The molecule has 2 heterocycles. The Bertz CT molecular complexity index is 892. The minimum absolute atomic E-state index is 0.306. The minimum Gasteiger partial charge on any atom is -0.368 e. The molecule has 0 aliphatic carbocycles. The summed E-state index contributed by atoms with van der Waals surface area (Å²) in [5, 5.41) is 12.2. The Morgan fingerprint density at radius 3 is 2.63 bits per heavy atom. The van der Waals surface area contributed by atoms with Crippen LogP contribution in [-0.2, 0) is 0 Å². The van der Waals surface area contributed by atoms with Gasteiger partial charge >= 0.3 is 6.03 Å². The van der Waals surface area contributed by atoms with E-state index in [0.717, 1.165) is 0 Å². The monoisotopic (exact) mass is 383 g/mol. The van der Waals surface area contributed by atoms with E-state index in [1.54, 1.807) is 36.5 Å². The molecule has 27 heavy (non-hydrogen) atoms. The van der Waals surface area contributed by atoms with E-state index >= 15 is 0 Å². The number of nitrogens with one attached hydrogen (secondary N) is 4. The smallest absolute Gasteiger partial charge is 0.319 e. The van der Waals surface area contributed by atoms with Gasteiger partial charge in [-0.15, -0.1) is 0 Å². The molecule has 0 radical (unpaired) electrons. The zero-order valence-corrected chi connectivity index (χ0v) is 15.1. The fourth-order valence-corrected chi connectivity index (χ4v) is 2.39. The van der Waals surface area contributed by atoms with Crippen molar-refractivity contribution >= 4 is 40.8 Å². The Morgan fingerprint density at radius 2 is 1.81 bits per heavy atom. The molecule has 138 valence electrons. The van der Waals surface area contributed by atoms with Crippen LogP contribution >= 0.6 is 11.6 Å². The summed E-state index contributed by atoms with van der Waals surface area (Å²) >= 11 is 5.88. The van der Waals surface area contributed by atoms with E-state index in [1.165, 1.54) is 6.33 Å². The first kappa shape index (κ1) is 18.4. The number of halogens is 1. The molecule has 0 saturated carbocycles. The van der Waals surface area contributed by atoms with Crippen molar-refractivity contribution in [1.29, 1.82) is 0 Å². The molecular weight excluding hydrogens is 366 g/mol. The van der Waals surface area contributed by atoms with Gasteiger partial charge in [0.25, 0.3) is 0 Å². The van der Waals surface area contributed by atoms with Crippen LogP contribution in [0.1, 0.15) is 0 Å². The van der Waals surface area contributed by atoms with Gasteiger partial charge in [-0.05, 0) is 30.3 Å². The van der Waals surface area contributed by atoms with Gasteiger partial charge in [0.1, 0.15) is 23.8 Å². The van der Waals surface area contributed by atoms with E-state index < -0.39 is 0 Å². The lowest BCUT2D eigenvalue weighted by molar-refractivity contribution is 0.252. The molecule has 9 heteroatoms. The fraction of sp³-hybridized carbons (Fsp3) is 0.111. The van der Waals surface area contributed by atoms with Crippen LogP contribution in [0.25, 0.3) is 0 Å². The molecule has 3 aromatic rings. The zero-order chi connectivity index (χ0) is 18.9. The Kier molecular flexibility index (Phi) is 6.37. The van der Waals surface area contributed by atoms with Crippen molar-refractivity contribution in [3.8, 4) is 0 Å². The molecule has 0 aliphatic heterocycles. The first-order valence-corrected chi connectivity index (χ1v) is 8.61. The molecule has 0 spiro atoms. The van der Waals surface area contributed by atoms with Crippen LogP contribution in [0.5, 0.6) is 0 Å². The predicted molar refractivity (Wildman–Crippen MR) is 107 cm³/mol. The Balaban J connectivity index is 1.42. The molecule has 8 nitrogen and oxygen atoms in total. The van der Waals surface area contributed by atoms with Crippen LogP contribution < -0.4 is 21.3 Å². The van der Waals surface area contributed by atoms with Crippen LogP contribution in [0.2, 0.25) is 5.02 Å². The third-order valence-corrected chi connectivity index (χ3v) is 3.62. The minimum atomic E-state index is -0.306. The number of benzene rings is 1. The van der Waals surface area contributed by atoms with Crippen molar-refractivity contribution in [3.05, 3.63) is 66.1 Å². The van der Waals surface area contributed by atoms with Crippen LogP contribution in [0, 0.1) is 0 Å². The van der Waals surface area contributed by atoms with Gasteiger partial charge in [-0.25, -0.2) is 19.7 Å². The number of pyridine rings is 1. The molecule has 0 saturated heterocycles. The Hall–Kier alpha value is -3.39. The van der Waals surface area contributed by atoms with E-state index in [2.05, 4.69) is 36.2 Å². The van der Waals surface area contributed by atoms with Crippen LogP contribution in [0.4, 0.5) is 27.9 Å². The van der Waals surface area contributed by atoms with Crippen LogP contribution in [-0.4, -0.2) is 34.1 Å². The highest BCUT2D eigenvalue weighted by Crippen LogP contribution is 2.15. The van der Waals surface area contributed by atoms with Gasteiger partial charge in [-0.2, -0.15) is 0 Å². The second kappa shape index (κ2) is 9.35. The Labute approximate surface area is 161 Å². The molecule has 0 fully saturated rings. The van der Waals surface area contributed by atoms with E-state index in [1.807, 2.05) is 18.2 Å². The number of carbonyl (C=O) groups is 1. The number of urea groups is 1. The second-order valence-electron chi connectivity index (χ2n) is 5.45. The summed E-state index contributed by atoms with van der Waals surface area (Å²) in [5.41, 5.74) is 0.633. The molecule has 3 rings (SSSR count). The first-order valence-electron chi connectivity index (χ1n) is 8.23. The molecule has 2 aromatic heterocycles. The van der Waals surface area contributed by atoms with Crippen molar-refractivity contribution < 1.29 is 4.79 Å². The molecular formula is C18H18ClN7O. The van der Waals surface area contributed by atoms with Crippen molar-refractivity contribution in [3.63, 3.8) is 0 Å². The number of aromatic nitrogens is 3.